The van der Waals surface area contributed by atoms with Crippen LogP contribution in [-0.4, -0.2) is 44.5 Å². The number of amides is 1. The topological polar surface area (TPSA) is 66.4 Å². The van der Waals surface area contributed by atoms with Gasteiger partial charge in [-0.05, 0) is 47.5 Å². The predicted molar refractivity (Wildman–Crippen MR) is 74.0 cm³/mol. The molecule has 2 saturated heterocycles. The molecule has 0 aromatic heterocycles. The van der Waals surface area contributed by atoms with E-state index in [1.54, 1.807) is 11.8 Å². The number of quaternary nitrogens is 1. The van der Waals surface area contributed by atoms with Crippen molar-refractivity contribution in [1.82, 2.24) is 4.90 Å². The molecule has 2 heterocycles. The first-order chi connectivity index (χ1) is 8.98. The van der Waals surface area contributed by atoms with E-state index in [4.69, 9.17) is 4.74 Å². The minimum atomic E-state index is -1.21. The maximum Gasteiger partial charge on any atom is 0.413 e. The smallest absolute Gasteiger partial charge is 0.413 e. The molecule has 1 atom stereocenters. The summed E-state index contributed by atoms with van der Waals surface area (Å²) >= 11 is 0. The third kappa shape index (κ3) is 1.94. The van der Waals surface area contributed by atoms with Crippen LogP contribution in [0, 0.1) is 0 Å². The maximum absolute atomic E-state index is 12.3. The van der Waals surface area contributed by atoms with Gasteiger partial charge in [0.2, 0.25) is 0 Å². The zero-order valence-corrected chi connectivity index (χ0v) is 13.2. The minimum Gasteiger partial charge on any atom is -0.437 e. The second kappa shape index (κ2) is 3.69. The van der Waals surface area contributed by atoms with Crippen LogP contribution in [0.15, 0.2) is 0 Å². The Morgan fingerprint density at radius 3 is 2.10 bits per heavy atom. The molecule has 2 aliphatic heterocycles. The molecule has 1 aliphatic carbocycles. The maximum atomic E-state index is 12.3. The van der Waals surface area contributed by atoms with Gasteiger partial charge in [0.1, 0.15) is 0 Å². The summed E-state index contributed by atoms with van der Waals surface area (Å²) in [6.07, 6.45) is 2.95. The largest absolute Gasteiger partial charge is 0.437 e. The molecule has 3 rings (SSSR count). The van der Waals surface area contributed by atoms with Crippen molar-refractivity contribution in [3.8, 4) is 0 Å². The van der Waals surface area contributed by atoms with Gasteiger partial charge in [-0.2, -0.15) is 0 Å². The van der Waals surface area contributed by atoms with Crippen molar-refractivity contribution in [2.24, 2.45) is 0 Å². The lowest BCUT2D eigenvalue weighted by Crippen LogP contribution is -3.07. The van der Waals surface area contributed by atoms with E-state index in [-0.39, 0.29) is 23.2 Å². The Morgan fingerprint density at radius 1 is 1.15 bits per heavy atom. The van der Waals surface area contributed by atoms with Crippen LogP contribution in [0.2, 0.25) is 0 Å². The van der Waals surface area contributed by atoms with Gasteiger partial charge in [-0.15, -0.1) is 0 Å². The Bertz CT molecular complexity index is 436. The number of nitrogens with two attached hydrogens (primary N) is 1. The van der Waals surface area contributed by atoms with Gasteiger partial charge in [-0.1, -0.05) is 0 Å². The second-order valence-electron chi connectivity index (χ2n) is 8.46. The van der Waals surface area contributed by atoms with Crippen LogP contribution in [-0.2, 0) is 4.74 Å². The molecule has 1 amide bonds. The monoisotopic (exact) mass is 283 g/mol. The number of rotatable bonds is 1. The van der Waals surface area contributed by atoms with Crippen molar-refractivity contribution in [3.05, 3.63) is 0 Å². The van der Waals surface area contributed by atoms with Gasteiger partial charge in [0.05, 0.1) is 11.1 Å². The van der Waals surface area contributed by atoms with E-state index in [0.717, 1.165) is 12.8 Å². The van der Waals surface area contributed by atoms with E-state index in [1.165, 1.54) is 0 Å². The van der Waals surface area contributed by atoms with Crippen LogP contribution < -0.4 is 5.32 Å². The summed E-state index contributed by atoms with van der Waals surface area (Å²) in [5.41, 5.74) is -2.14. The Morgan fingerprint density at radius 2 is 1.65 bits per heavy atom. The van der Waals surface area contributed by atoms with Crippen LogP contribution in [0.25, 0.3) is 0 Å². The number of hydrogen-bond acceptors (Lipinski definition) is 3. The van der Waals surface area contributed by atoms with Crippen LogP contribution in [0.4, 0.5) is 4.79 Å². The molecule has 0 aromatic carbocycles. The first kappa shape index (κ1) is 14.1. The first-order valence-corrected chi connectivity index (χ1v) is 7.60. The number of hydrogen-bond donors (Lipinski definition) is 2. The molecule has 5 heteroatoms. The minimum absolute atomic E-state index is 0.0639. The SMILES string of the molecule is CC1(C)CC2(CC(C)(C)[NH2+]1)OC(=O)N(C1CC1)C2(C)O. The third-order valence-corrected chi connectivity index (χ3v) is 4.99. The summed E-state index contributed by atoms with van der Waals surface area (Å²) in [6.45, 7) is 10.4. The third-order valence-electron chi connectivity index (χ3n) is 4.99. The fourth-order valence-electron chi connectivity index (χ4n) is 4.65. The van der Waals surface area contributed by atoms with Crippen LogP contribution >= 0.6 is 0 Å². The van der Waals surface area contributed by atoms with Gasteiger partial charge >= 0.3 is 6.09 Å². The number of ether oxygens (including phenoxy) is 1. The fraction of sp³-hybridized carbons (Fsp3) is 0.933. The number of carbonyl (C=O) groups excluding carboxylic acids is 1. The number of aliphatic hydroxyl groups is 1. The molecule has 5 nitrogen and oxygen atoms in total. The molecule has 0 aromatic rings. The lowest BCUT2D eigenvalue weighted by atomic mass is 9.68. The summed E-state index contributed by atoms with van der Waals surface area (Å²) in [4.78, 5) is 13.9. The second-order valence-corrected chi connectivity index (χ2v) is 8.46. The van der Waals surface area contributed by atoms with E-state index < -0.39 is 11.3 Å². The molecular weight excluding hydrogens is 256 g/mol. The number of piperidine rings is 1. The van der Waals surface area contributed by atoms with E-state index in [9.17, 15) is 9.90 Å². The fourth-order valence-corrected chi connectivity index (χ4v) is 4.65. The van der Waals surface area contributed by atoms with Crippen molar-refractivity contribution in [2.75, 3.05) is 0 Å². The Balaban J connectivity index is 2.00. The Hall–Kier alpha value is -0.810. The highest BCUT2D eigenvalue weighted by molar-refractivity contribution is 5.73. The van der Waals surface area contributed by atoms with Gasteiger partial charge in [0.25, 0.3) is 0 Å². The van der Waals surface area contributed by atoms with E-state index in [1.807, 2.05) is 0 Å². The normalized spacial score (nSPS) is 38.1. The van der Waals surface area contributed by atoms with Crippen molar-refractivity contribution < 1.29 is 20.0 Å². The van der Waals surface area contributed by atoms with E-state index in [0.29, 0.717) is 12.8 Å². The molecule has 3 fully saturated rings. The average Bonchev–Trinajstić information content (AvgIpc) is 2.92. The lowest BCUT2D eigenvalue weighted by molar-refractivity contribution is -0.793. The van der Waals surface area contributed by atoms with Crippen molar-refractivity contribution in [1.29, 1.82) is 0 Å². The molecule has 1 spiro atoms. The average molecular weight is 283 g/mol. The molecule has 1 saturated carbocycles. The van der Waals surface area contributed by atoms with Crippen LogP contribution in [0.5, 0.6) is 0 Å². The van der Waals surface area contributed by atoms with Crippen molar-refractivity contribution in [3.63, 3.8) is 0 Å². The van der Waals surface area contributed by atoms with Crippen molar-refractivity contribution in [2.45, 2.75) is 88.7 Å². The summed E-state index contributed by atoms with van der Waals surface area (Å²) in [5, 5.41) is 13.5. The molecule has 0 bridgehead atoms. The molecule has 20 heavy (non-hydrogen) atoms. The summed E-state index contributed by atoms with van der Waals surface area (Å²) in [6, 6.07) is 0.161. The first-order valence-electron chi connectivity index (χ1n) is 7.60. The van der Waals surface area contributed by atoms with Gasteiger partial charge in [-0.25, -0.2) is 4.79 Å². The molecule has 0 radical (unpaired) electrons. The Kier molecular flexibility index (Phi) is 2.61. The van der Waals surface area contributed by atoms with Crippen molar-refractivity contribution >= 4 is 6.09 Å². The lowest BCUT2D eigenvalue weighted by Gasteiger charge is -2.51. The van der Waals surface area contributed by atoms with Crippen LogP contribution in [0.3, 0.4) is 0 Å². The number of carbonyl (C=O) groups is 1. The van der Waals surface area contributed by atoms with Gasteiger partial charge < -0.3 is 15.2 Å². The highest BCUT2D eigenvalue weighted by Crippen LogP contribution is 2.51. The predicted octanol–water partition coefficient (Wildman–Crippen LogP) is 0.963. The Labute approximate surface area is 120 Å². The van der Waals surface area contributed by atoms with Gasteiger partial charge in [0, 0.05) is 18.9 Å². The molecular formula is C15H27N2O3+. The van der Waals surface area contributed by atoms with Gasteiger partial charge in [-0.3, -0.25) is 4.90 Å². The highest BCUT2D eigenvalue weighted by Gasteiger charge is 2.70. The van der Waals surface area contributed by atoms with E-state index in [2.05, 4.69) is 33.0 Å². The van der Waals surface area contributed by atoms with E-state index >= 15 is 0 Å². The standard InChI is InChI=1S/C15H26N2O3/c1-12(2)8-15(9-13(3,4)16-12)14(5,19)17(10-6-7-10)11(18)20-15/h10,16,19H,6-9H2,1-5H3/p+1. The summed E-state index contributed by atoms with van der Waals surface area (Å²) < 4.78 is 5.81. The highest BCUT2D eigenvalue weighted by atomic mass is 16.6. The molecule has 3 N–H and O–H groups in total. The molecule has 114 valence electrons. The zero-order chi connectivity index (χ0) is 15.0. The molecule has 1 unspecified atom stereocenters. The van der Waals surface area contributed by atoms with Gasteiger partial charge in [0.15, 0.2) is 11.3 Å². The molecule has 3 aliphatic rings. The summed E-state index contributed by atoms with van der Waals surface area (Å²) in [7, 11) is 0. The number of nitrogens with zero attached hydrogens (tertiary/aromatic N) is 1. The summed E-state index contributed by atoms with van der Waals surface area (Å²) in [5.74, 6) is 0. The zero-order valence-electron chi connectivity index (χ0n) is 13.2. The van der Waals surface area contributed by atoms with Crippen LogP contribution in [0.1, 0.15) is 60.3 Å². The quantitative estimate of drug-likeness (QED) is 0.753.